The summed E-state index contributed by atoms with van der Waals surface area (Å²) in [6.45, 7) is 10.9. The molecule has 0 saturated heterocycles. The Morgan fingerprint density at radius 1 is 1.30 bits per heavy atom. The van der Waals surface area contributed by atoms with Crippen LogP contribution in [0.3, 0.4) is 0 Å². The molecule has 0 aliphatic heterocycles. The Kier molecular flexibility index (Phi) is 10.3. The lowest BCUT2D eigenvalue weighted by molar-refractivity contribution is -0.143. The van der Waals surface area contributed by atoms with E-state index in [1.165, 1.54) is 0 Å². The summed E-state index contributed by atoms with van der Waals surface area (Å²) in [5, 5.41) is 6.44. The second kappa shape index (κ2) is 10.8. The molecule has 2 N–H and O–H groups in total. The molecule has 0 heterocycles. The third-order valence-electron chi connectivity index (χ3n) is 2.67. The molecule has 118 valence electrons. The van der Waals surface area contributed by atoms with Gasteiger partial charge in [-0.1, -0.05) is 0 Å². The molecule has 20 heavy (non-hydrogen) atoms. The van der Waals surface area contributed by atoms with E-state index >= 15 is 0 Å². The van der Waals surface area contributed by atoms with Crippen LogP contribution < -0.4 is 10.6 Å². The van der Waals surface area contributed by atoms with Gasteiger partial charge in [0.1, 0.15) is 0 Å². The summed E-state index contributed by atoms with van der Waals surface area (Å²) < 4.78 is 5.02. The van der Waals surface area contributed by atoms with Gasteiger partial charge in [0.25, 0.3) is 0 Å². The summed E-state index contributed by atoms with van der Waals surface area (Å²) in [4.78, 5) is 15.8. The van der Waals surface area contributed by atoms with E-state index < -0.39 is 0 Å². The summed E-state index contributed by atoms with van der Waals surface area (Å²) in [7, 11) is 0. The third-order valence-corrected chi connectivity index (χ3v) is 3.90. The number of hydrogen-bond acceptors (Lipinski definition) is 4. The number of aliphatic imine (C=N–C) groups is 1. The lowest BCUT2D eigenvalue weighted by Crippen LogP contribution is -2.39. The fraction of sp³-hybridized carbons (Fsp3) is 0.857. The molecule has 0 saturated carbocycles. The second-order valence-electron chi connectivity index (χ2n) is 4.99. The first-order valence-electron chi connectivity index (χ1n) is 7.18. The highest BCUT2D eigenvalue weighted by atomic mass is 32.2. The van der Waals surface area contributed by atoms with E-state index in [-0.39, 0.29) is 10.7 Å². The van der Waals surface area contributed by atoms with Crippen LogP contribution in [0.25, 0.3) is 0 Å². The van der Waals surface area contributed by atoms with Crippen molar-refractivity contribution in [3.63, 3.8) is 0 Å². The van der Waals surface area contributed by atoms with Gasteiger partial charge in [0.2, 0.25) is 0 Å². The van der Waals surface area contributed by atoms with Crippen molar-refractivity contribution in [1.29, 1.82) is 0 Å². The summed E-state index contributed by atoms with van der Waals surface area (Å²) in [5.41, 5.74) is 0. The van der Waals surface area contributed by atoms with Crippen LogP contribution in [0.4, 0.5) is 0 Å². The van der Waals surface area contributed by atoms with E-state index in [2.05, 4.69) is 35.7 Å². The summed E-state index contributed by atoms with van der Waals surface area (Å²) in [6.07, 6.45) is 3.28. The van der Waals surface area contributed by atoms with Crippen LogP contribution in [-0.4, -0.2) is 49.2 Å². The highest BCUT2D eigenvalue weighted by molar-refractivity contribution is 7.99. The van der Waals surface area contributed by atoms with E-state index in [0.29, 0.717) is 19.6 Å². The smallest absolute Gasteiger partial charge is 0.305 e. The van der Waals surface area contributed by atoms with Crippen molar-refractivity contribution in [2.75, 3.05) is 32.5 Å². The minimum Gasteiger partial charge on any atom is -0.466 e. The zero-order valence-corrected chi connectivity index (χ0v) is 14.2. The molecular weight excluding hydrogens is 274 g/mol. The second-order valence-corrected chi connectivity index (χ2v) is 6.51. The third kappa shape index (κ3) is 9.95. The van der Waals surface area contributed by atoms with E-state index in [9.17, 15) is 4.79 Å². The maximum absolute atomic E-state index is 11.2. The highest BCUT2D eigenvalue weighted by Crippen LogP contribution is 2.20. The molecule has 6 heteroatoms. The highest BCUT2D eigenvalue weighted by Gasteiger charge is 2.15. The molecule has 0 atom stereocenters. The largest absolute Gasteiger partial charge is 0.466 e. The number of guanidine groups is 1. The van der Waals surface area contributed by atoms with Crippen LogP contribution in [0.15, 0.2) is 4.99 Å². The van der Waals surface area contributed by atoms with Crippen LogP contribution in [0, 0.1) is 0 Å². The summed E-state index contributed by atoms with van der Waals surface area (Å²) >= 11 is 1.80. The maximum Gasteiger partial charge on any atom is 0.305 e. The van der Waals surface area contributed by atoms with Gasteiger partial charge in [-0.25, -0.2) is 0 Å². The van der Waals surface area contributed by atoms with Gasteiger partial charge < -0.3 is 15.4 Å². The Morgan fingerprint density at radius 2 is 2.00 bits per heavy atom. The number of ether oxygens (including phenoxy) is 1. The average Bonchev–Trinajstić information content (AvgIpc) is 2.41. The Labute approximate surface area is 127 Å². The van der Waals surface area contributed by atoms with Gasteiger partial charge in [-0.2, -0.15) is 11.8 Å². The molecule has 0 aliphatic carbocycles. The minimum atomic E-state index is -0.139. The first-order chi connectivity index (χ1) is 9.45. The average molecular weight is 303 g/mol. The van der Waals surface area contributed by atoms with Crippen LogP contribution in [0.5, 0.6) is 0 Å². The van der Waals surface area contributed by atoms with E-state index in [0.717, 1.165) is 25.5 Å². The van der Waals surface area contributed by atoms with E-state index in [4.69, 9.17) is 4.74 Å². The van der Waals surface area contributed by atoms with Gasteiger partial charge in [-0.15, -0.1) is 0 Å². The molecule has 0 radical (unpaired) electrons. The number of carbonyl (C=O) groups is 1. The van der Waals surface area contributed by atoms with Crippen molar-refractivity contribution in [2.45, 2.75) is 45.3 Å². The van der Waals surface area contributed by atoms with Gasteiger partial charge in [-0.05, 0) is 40.4 Å². The Balaban J connectivity index is 4.08. The summed E-state index contributed by atoms with van der Waals surface area (Å²) in [6, 6.07) is 0. The molecule has 0 spiro atoms. The number of nitrogens with one attached hydrogen (secondary N) is 2. The SMILES string of the molecule is CCNC(=NCC(C)(C)SC)NCCCC(=O)OCC. The van der Waals surface area contributed by atoms with Crippen molar-refractivity contribution in [3.8, 4) is 0 Å². The molecule has 0 amide bonds. The number of esters is 1. The number of hydrogen-bond donors (Lipinski definition) is 2. The topological polar surface area (TPSA) is 62.7 Å². The van der Waals surface area contributed by atoms with Crippen molar-refractivity contribution in [1.82, 2.24) is 10.6 Å². The van der Waals surface area contributed by atoms with Crippen molar-refractivity contribution < 1.29 is 9.53 Å². The van der Waals surface area contributed by atoms with Crippen LogP contribution in [0.1, 0.15) is 40.5 Å². The zero-order chi connectivity index (χ0) is 15.4. The molecule has 0 bridgehead atoms. The predicted octanol–water partition coefficient (Wildman–Crippen LogP) is 2.03. The molecular formula is C14H29N3O2S. The first kappa shape index (κ1) is 19.1. The van der Waals surface area contributed by atoms with Crippen molar-refractivity contribution >= 4 is 23.7 Å². The van der Waals surface area contributed by atoms with Crippen LogP contribution >= 0.6 is 11.8 Å². The van der Waals surface area contributed by atoms with Crippen LogP contribution in [0.2, 0.25) is 0 Å². The Bertz CT molecular complexity index is 307. The number of carbonyl (C=O) groups excluding carboxylic acids is 1. The number of rotatable bonds is 9. The van der Waals surface area contributed by atoms with Gasteiger partial charge in [0, 0.05) is 24.3 Å². The van der Waals surface area contributed by atoms with Gasteiger partial charge >= 0.3 is 5.97 Å². The molecule has 0 aliphatic rings. The van der Waals surface area contributed by atoms with E-state index in [1.807, 2.05) is 13.8 Å². The first-order valence-corrected chi connectivity index (χ1v) is 8.40. The molecule has 0 aromatic rings. The Hall–Kier alpha value is -0.910. The fourth-order valence-electron chi connectivity index (χ4n) is 1.35. The monoisotopic (exact) mass is 303 g/mol. The van der Waals surface area contributed by atoms with Gasteiger partial charge in [-0.3, -0.25) is 9.79 Å². The Morgan fingerprint density at radius 3 is 2.55 bits per heavy atom. The van der Waals surface area contributed by atoms with Crippen molar-refractivity contribution in [2.24, 2.45) is 4.99 Å². The maximum atomic E-state index is 11.2. The number of thioether (sulfide) groups is 1. The standard InChI is InChI=1S/C14H29N3O2S/c1-6-15-13(17-11-14(3,4)20-5)16-10-8-9-12(18)19-7-2/h6-11H2,1-5H3,(H2,15,16,17). The summed E-state index contributed by atoms with van der Waals surface area (Å²) in [5.74, 6) is 0.665. The lowest BCUT2D eigenvalue weighted by atomic mass is 10.2. The normalized spacial score (nSPS) is 12.2. The molecule has 0 fully saturated rings. The van der Waals surface area contributed by atoms with Gasteiger partial charge in [0.15, 0.2) is 5.96 Å². The lowest BCUT2D eigenvalue weighted by Gasteiger charge is -2.20. The predicted molar refractivity (Wildman–Crippen MR) is 87.4 cm³/mol. The van der Waals surface area contributed by atoms with Crippen molar-refractivity contribution in [3.05, 3.63) is 0 Å². The van der Waals surface area contributed by atoms with E-state index in [1.54, 1.807) is 11.8 Å². The van der Waals surface area contributed by atoms with Gasteiger partial charge in [0.05, 0.1) is 13.2 Å². The fourth-order valence-corrected chi connectivity index (χ4v) is 1.54. The number of nitrogens with zero attached hydrogens (tertiary/aromatic N) is 1. The molecule has 0 unspecified atom stereocenters. The quantitative estimate of drug-likeness (QED) is 0.295. The molecule has 0 aromatic heterocycles. The zero-order valence-electron chi connectivity index (χ0n) is 13.4. The van der Waals surface area contributed by atoms with Crippen LogP contribution in [-0.2, 0) is 9.53 Å². The minimum absolute atomic E-state index is 0.132. The molecule has 5 nitrogen and oxygen atoms in total. The molecule has 0 rings (SSSR count). The molecule has 0 aromatic carbocycles.